The Morgan fingerprint density at radius 3 is 1.18 bits per heavy atom. The fraction of sp³-hybridized carbons (Fsp3) is 0. The van der Waals surface area contributed by atoms with E-state index in [1.54, 1.807) is 0 Å². The molecule has 0 fully saturated rings. The van der Waals surface area contributed by atoms with Crippen molar-refractivity contribution in [3.63, 3.8) is 0 Å². The predicted molar refractivity (Wildman–Crippen MR) is 198 cm³/mol. The summed E-state index contributed by atoms with van der Waals surface area (Å²) in [5.41, 5.74) is 3.65. The maximum absolute atomic E-state index is 2.44. The zero-order valence-corrected chi connectivity index (χ0v) is 26.5. The second kappa shape index (κ2) is 12.3. The van der Waals surface area contributed by atoms with Crippen LogP contribution in [0.15, 0.2) is 188 Å². The average molecular weight is 612 g/mol. The zero-order valence-electron chi connectivity index (χ0n) is 24.7. The molecule has 8 aromatic rings. The van der Waals surface area contributed by atoms with Crippen LogP contribution in [0.3, 0.4) is 0 Å². The Morgan fingerprint density at radius 1 is 0.289 bits per heavy atom. The molecule has 0 amide bonds. The third-order valence-electron chi connectivity index (χ3n) is 8.34. The van der Waals surface area contributed by atoms with E-state index in [9.17, 15) is 0 Å². The Balaban J connectivity index is 1.26. The number of rotatable bonds is 7. The molecule has 1 aromatic heterocycles. The van der Waals surface area contributed by atoms with Gasteiger partial charge in [-0.2, -0.15) is 0 Å². The second-order valence-corrected chi connectivity index (χ2v) is 15.5. The van der Waals surface area contributed by atoms with Gasteiger partial charge in [0.25, 0.3) is 0 Å². The summed E-state index contributed by atoms with van der Waals surface area (Å²) in [6.45, 7) is 0. The first-order chi connectivity index (χ1) is 22.3. The smallest absolute Gasteiger partial charge is 0.0541 e. The van der Waals surface area contributed by atoms with Crippen LogP contribution in [0.25, 0.3) is 27.5 Å². The minimum atomic E-state index is -0.683. The van der Waals surface area contributed by atoms with Gasteiger partial charge in [0.2, 0.25) is 0 Å². The molecule has 0 aliphatic rings. The van der Waals surface area contributed by atoms with Gasteiger partial charge >= 0.3 is 0 Å². The first-order valence-corrected chi connectivity index (χ1v) is 18.0. The van der Waals surface area contributed by atoms with Gasteiger partial charge in [0.15, 0.2) is 0 Å². The largest absolute Gasteiger partial charge is 0.309 e. The summed E-state index contributed by atoms with van der Waals surface area (Å²) in [5.74, 6) is 0. The van der Waals surface area contributed by atoms with Gasteiger partial charge in [0.05, 0.1) is 11.0 Å². The van der Waals surface area contributed by atoms with Crippen molar-refractivity contribution < 1.29 is 0 Å². The van der Waals surface area contributed by atoms with Gasteiger partial charge in [-0.1, -0.05) is 158 Å². The van der Waals surface area contributed by atoms with E-state index in [-0.39, 0.29) is 0 Å². The van der Waals surface area contributed by atoms with Crippen LogP contribution < -0.4 is 31.8 Å². The monoisotopic (exact) mass is 611 g/mol. The lowest BCUT2D eigenvalue weighted by atomic mass is 10.1. The van der Waals surface area contributed by atoms with E-state index < -0.39 is 15.8 Å². The van der Waals surface area contributed by atoms with Gasteiger partial charge in [-0.25, -0.2) is 0 Å². The Bertz CT molecular complexity index is 2110. The molecule has 214 valence electrons. The molecule has 7 aromatic carbocycles. The molecule has 3 heteroatoms. The molecule has 0 unspecified atom stereocenters. The quantitative estimate of drug-likeness (QED) is 0.160. The molecule has 45 heavy (non-hydrogen) atoms. The van der Waals surface area contributed by atoms with E-state index in [1.807, 2.05) is 0 Å². The standard InChI is InChI=1S/C42H31NP2/c1-5-15-33(16-6-1)44(34-17-7-2-8-18-34)37-27-25-32(26-28-37)43-41-24-14-13-23-39(41)40-31-38(29-30-42(40)43)45(35-19-9-3-10-20-35)36-21-11-4-12-22-36/h1-31H. The molecule has 0 radical (unpaired) electrons. The van der Waals surface area contributed by atoms with Crippen LogP contribution >= 0.6 is 15.8 Å². The number of fused-ring (bicyclic) bond motifs is 3. The highest BCUT2D eigenvalue weighted by Gasteiger charge is 2.20. The summed E-state index contributed by atoms with van der Waals surface area (Å²) in [4.78, 5) is 0. The Morgan fingerprint density at radius 2 is 0.667 bits per heavy atom. The third kappa shape index (κ3) is 5.30. The first-order valence-electron chi connectivity index (χ1n) is 15.3. The zero-order chi connectivity index (χ0) is 30.0. The van der Waals surface area contributed by atoms with Crippen LogP contribution in [0.5, 0.6) is 0 Å². The molecule has 0 aliphatic carbocycles. The molecule has 0 atom stereocenters. The summed E-state index contributed by atoms with van der Waals surface area (Å²) in [7, 11) is -1.33. The number of benzene rings is 7. The maximum atomic E-state index is 2.44. The first kappa shape index (κ1) is 27.7. The lowest BCUT2D eigenvalue weighted by Crippen LogP contribution is -2.20. The Kier molecular flexibility index (Phi) is 7.58. The van der Waals surface area contributed by atoms with Gasteiger partial charge in [-0.05, 0) is 78.0 Å². The van der Waals surface area contributed by atoms with Crippen molar-refractivity contribution in [3.05, 3.63) is 188 Å². The molecule has 0 N–H and O–H groups in total. The summed E-state index contributed by atoms with van der Waals surface area (Å²) in [6.07, 6.45) is 0. The van der Waals surface area contributed by atoms with Gasteiger partial charge < -0.3 is 4.57 Å². The fourth-order valence-corrected chi connectivity index (χ4v) is 10.9. The Hall–Kier alpha value is -4.80. The number of nitrogens with zero attached hydrogens (tertiary/aromatic N) is 1. The van der Waals surface area contributed by atoms with Crippen LogP contribution in [-0.2, 0) is 0 Å². The highest BCUT2D eigenvalue weighted by molar-refractivity contribution is 7.80. The lowest BCUT2D eigenvalue weighted by molar-refractivity contribution is 1.18. The van der Waals surface area contributed by atoms with Crippen molar-refractivity contribution in [2.45, 2.75) is 0 Å². The van der Waals surface area contributed by atoms with Gasteiger partial charge in [0, 0.05) is 16.5 Å². The van der Waals surface area contributed by atoms with Crippen LogP contribution in [0.2, 0.25) is 0 Å². The third-order valence-corrected chi connectivity index (χ3v) is 13.2. The van der Waals surface area contributed by atoms with Gasteiger partial charge in [-0.3, -0.25) is 0 Å². The number of para-hydroxylation sites is 1. The molecule has 0 saturated carbocycles. The average Bonchev–Trinajstić information content (AvgIpc) is 3.45. The molecule has 0 spiro atoms. The van der Waals surface area contributed by atoms with E-state index in [4.69, 9.17) is 0 Å². The highest BCUT2D eigenvalue weighted by Crippen LogP contribution is 2.38. The molecule has 0 bridgehead atoms. The fourth-order valence-electron chi connectivity index (χ4n) is 6.33. The normalized spacial score (nSPS) is 11.5. The van der Waals surface area contributed by atoms with Crippen molar-refractivity contribution in [1.82, 2.24) is 4.57 Å². The van der Waals surface area contributed by atoms with Crippen molar-refractivity contribution in [1.29, 1.82) is 0 Å². The number of hydrogen-bond acceptors (Lipinski definition) is 0. The van der Waals surface area contributed by atoms with Crippen LogP contribution in [-0.4, -0.2) is 4.57 Å². The molecule has 1 heterocycles. The SMILES string of the molecule is c1ccc(P(c2ccccc2)c2ccc(-n3c4ccccc4c4cc(P(c5ccccc5)c5ccccc5)ccc43)cc2)cc1. The maximum Gasteiger partial charge on any atom is 0.0541 e. The van der Waals surface area contributed by atoms with E-state index in [1.165, 1.54) is 59.3 Å². The Labute approximate surface area is 266 Å². The number of aromatic nitrogens is 1. The predicted octanol–water partition coefficient (Wildman–Crippen LogP) is 8.30. The minimum Gasteiger partial charge on any atom is -0.309 e. The molecule has 8 rings (SSSR count). The second-order valence-electron chi connectivity index (χ2n) is 11.1. The van der Waals surface area contributed by atoms with Crippen LogP contribution in [0.4, 0.5) is 0 Å². The molecular formula is C42H31NP2. The summed E-state index contributed by atoms with van der Waals surface area (Å²) >= 11 is 0. The van der Waals surface area contributed by atoms with E-state index in [0.29, 0.717) is 0 Å². The van der Waals surface area contributed by atoms with Crippen molar-refractivity contribution in [2.75, 3.05) is 0 Å². The van der Waals surface area contributed by atoms with Crippen LogP contribution in [0.1, 0.15) is 0 Å². The molecular weight excluding hydrogens is 580 g/mol. The van der Waals surface area contributed by atoms with Gasteiger partial charge in [-0.15, -0.1) is 0 Å². The molecule has 0 saturated heterocycles. The van der Waals surface area contributed by atoms with Gasteiger partial charge in [0.1, 0.15) is 0 Å². The van der Waals surface area contributed by atoms with Crippen molar-refractivity contribution >= 4 is 69.5 Å². The lowest BCUT2D eigenvalue weighted by Gasteiger charge is -2.20. The molecule has 1 nitrogen and oxygen atoms in total. The highest BCUT2D eigenvalue weighted by atomic mass is 31.1. The summed E-state index contributed by atoms with van der Waals surface area (Å²) in [6, 6.07) is 69.0. The van der Waals surface area contributed by atoms with E-state index in [2.05, 4.69) is 193 Å². The minimum absolute atomic E-state index is 0.648. The number of hydrogen-bond donors (Lipinski definition) is 0. The van der Waals surface area contributed by atoms with E-state index in [0.717, 1.165) is 0 Å². The summed E-state index contributed by atoms with van der Waals surface area (Å²) in [5, 5.41) is 10.8. The molecule has 0 aliphatic heterocycles. The summed E-state index contributed by atoms with van der Waals surface area (Å²) < 4.78 is 2.43. The van der Waals surface area contributed by atoms with Crippen molar-refractivity contribution in [3.8, 4) is 5.69 Å². The topological polar surface area (TPSA) is 4.93 Å². The van der Waals surface area contributed by atoms with Crippen molar-refractivity contribution in [2.24, 2.45) is 0 Å². The van der Waals surface area contributed by atoms with E-state index >= 15 is 0 Å². The van der Waals surface area contributed by atoms with Crippen LogP contribution in [0, 0.1) is 0 Å².